The van der Waals surface area contributed by atoms with E-state index in [1.54, 1.807) is 40.8 Å². The Labute approximate surface area is 307 Å². The number of carbonyl (C=O) groups is 2. The summed E-state index contributed by atoms with van der Waals surface area (Å²) in [5, 5.41) is 19.4. The van der Waals surface area contributed by atoms with Gasteiger partial charge in [-0.25, -0.2) is 9.40 Å². The second-order valence-electron chi connectivity index (χ2n) is 13.2. The summed E-state index contributed by atoms with van der Waals surface area (Å²) in [7, 11) is 0. The van der Waals surface area contributed by atoms with E-state index in [-0.39, 0.29) is 24.0 Å². The molecule has 52 heavy (non-hydrogen) atoms. The molecule has 1 aliphatic heterocycles. The second-order valence-corrected chi connectivity index (χ2v) is 14.4. The molecule has 272 valence electrons. The van der Waals surface area contributed by atoms with Crippen LogP contribution in [0.3, 0.4) is 0 Å². The third-order valence-electron chi connectivity index (χ3n) is 9.49. The van der Waals surface area contributed by atoms with E-state index in [0.717, 1.165) is 42.4 Å². The normalized spacial score (nSPS) is 14.6. The van der Waals surface area contributed by atoms with Gasteiger partial charge >= 0.3 is 0 Å². The SMILES string of the molecule is CCCCN(CCCC)C(=O)c1cc(C)n(-c2ccc(N[S+]([O-])c3c(-c4ccccc4)noc3C)cc2C(=O)N2Cc3ccccc3C[C@H]2CO)n1. The number of anilines is 1. The van der Waals surface area contributed by atoms with Crippen LogP contribution in [0.4, 0.5) is 5.69 Å². The lowest BCUT2D eigenvalue weighted by molar-refractivity contribution is 0.0544. The third kappa shape index (κ3) is 7.79. The van der Waals surface area contributed by atoms with Crippen molar-refractivity contribution in [1.29, 1.82) is 0 Å². The van der Waals surface area contributed by atoms with Crippen molar-refractivity contribution >= 4 is 28.9 Å². The average Bonchev–Trinajstić information content (AvgIpc) is 3.76. The topological polar surface area (TPSA) is 140 Å². The zero-order valence-corrected chi connectivity index (χ0v) is 31.0. The zero-order valence-electron chi connectivity index (χ0n) is 30.2. The van der Waals surface area contributed by atoms with Crippen molar-refractivity contribution in [1.82, 2.24) is 24.7 Å². The summed E-state index contributed by atoms with van der Waals surface area (Å²) in [4.78, 5) is 32.4. The minimum absolute atomic E-state index is 0.142. The van der Waals surface area contributed by atoms with Crippen LogP contribution in [0.15, 0.2) is 88.3 Å². The van der Waals surface area contributed by atoms with Crippen LogP contribution in [0.1, 0.15) is 83.0 Å². The van der Waals surface area contributed by atoms with Gasteiger partial charge in [0.1, 0.15) is 11.4 Å². The van der Waals surface area contributed by atoms with Crippen LogP contribution in [0.25, 0.3) is 16.9 Å². The Morgan fingerprint density at radius 2 is 1.67 bits per heavy atom. The molecule has 11 nitrogen and oxygen atoms in total. The van der Waals surface area contributed by atoms with Crippen LogP contribution in [0, 0.1) is 13.8 Å². The Hall–Kier alpha value is -4.91. The smallest absolute Gasteiger partial charge is 0.274 e. The third-order valence-corrected chi connectivity index (χ3v) is 10.8. The van der Waals surface area contributed by atoms with E-state index < -0.39 is 17.4 Å². The molecule has 0 fully saturated rings. The van der Waals surface area contributed by atoms with Crippen LogP contribution >= 0.6 is 0 Å². The molecule has 2 N–H and O–H groups in total. The van der Waals surface area contributed by atoms with E-state index in [2.05, 4.69) is 23.7 Å². The Balaban J connectivity index is 1.39. The molecule has 0 aliphatic carbocycles. The first-order valence-corrected chi connectivity index (χ1v) is 19.1. The minimum Gasteiger partial charge on any atom is -0.588 e. The van der Waals surface area contributed by atoms with Crippen molar-refractivity contribution in [2.24, 2.45) is 0 Å². The molecule has 2 aromatic heterocycles. The lowest BCUT2D eigenvalue weighted by Crippen LogP contribution is -2.46. The highest BCUT2D eigenvalue weighted by molar-refractivity contribution is 7.92. The van der Waals surface area contributed by atoms with E-state index in [1.165, 1.54) is 0 Å². The molecule has 2 amide bonds. The van der Waals surface area contributed by atoms with Crippen LogP contribution < -0.4 is 4.72 Å². The predicted molar refractivity (Wildman–Crippen MR) is 202 cm³/mol. The van der Waals surface area contributed by atoms with Gasteiger partial charge in [-0.1, -0.05) is 86.4 Å². The van der Waals surface area contributed by atoms with Crippen molar-refractivity contribution in [2.45, 2.75) is 77.3 Å². The number of nitrogens with zero attached hydrogens (tertiary/aromatic N) is 5. The summed E-state index contributed by atoms with van der Waals surface area (Å²) in [5.41, 5.74) is 5.50. The van der Waals surface area contributed by atoms with E-state index in [1.807, 2.05) is 66.4 Å². The number of aromatic nitrogens is 3. The predicted octanol–water partition coefficient (Wildman–Crippen LogP) is 6.88. The quantitative estimate of drug-likeness (QED) is 0.118. The van der Waals surface area contributed by atoms with E-state index in [9.17, 15) is 19.2 Å². The van der Waals surface area contributed by atoms with Crippen LogP contribution in [-0.2, 0) is 24.3 Å². The lowest BCUT2D eigenvalue weighted by Gasteiger charge is -2.36. The lowest BCUT2D eigenvalue weighted by atomic mass is 9.93. The van der Waals surface area contributed by atoms with Crippen molar-refractivity contribution in [2.75, 3.05) is 24.4 Å². The van der Waals surface area contributed by atoms with Crippen molar-refractivity contribution in [3.05, 3.63) is 113 Å². The summed E-state index contributed by atoms with van der Waals surface area (Å²) >= 11 is -1.80. The number of aliphatic hydroxyl groups excluding tert-OH is 1. The molecule has 5 aromatic rings. The maximum Gasteiger partial charge on any atom is 0.274 e. The molecule has 0 saturated heterocycles. The number of aliphatic hydroxyl groups is 1. The maximum absolute atomic E-state index is 14.7. The first kappa shape index (κ1) is 36.9. The molecular weight excluding hydrogens is 677 g/mol. The van der Waals surface area contributed by atoms with E-state index in [0.29, 0.717) is 65.2 Å². The van der Waals surface area contributed by atoms with Gasteiger partial charge in [0.2, 0.25) is 4.90 Å². The molecule has 1 aliphatic rings. The van der Waals surface area contributed by atoms with Crippen molar-refractivity contribution in [3.8, 4) is 16.9 Å². The molecule has 3 aromatic carbocycles. The van der Waals surface area contributed by atoms with Crippen LogP contribution in [0.2, 0.25) is 0 Å². The van der Waals surface area contributed by atoms with Gasteiger partial charge in [-0.05, 0) is 61.6 Å². The Morgan fingerprint density at radius 1 is 0.981 bits per heavy atom. The number of aryl methyl sites for hydroxylation is 2. The molecule has 0 spiro atoms. The highest BCUT2D eigenvalue weighted by Crippen LogP contribution is 2.33. The van der Waals surface area contributed by atoms with Gasteiger partial charge in [0.25, 0.3) is 11.8 Å². The number of carbonyl (C=O) groups excluding carboxylic acids is 2. The van der Waals surface area contributed by atoms with Gasteiger partial charge in [0, 0.05) is 37.8 Å². The molecule has 3 heterocycles. The Kier molecular flexibility index (Phi) is 11.8. The summed E-state index contributed by atoms with van der Waals surface area (Å²) in [6, 6.07) is 23.8. The first-order valence-electron chi connectivity index (χ1n) is 17.9. The Bertz CT molecular complexity index is 2000. The number of benzene rings is 3. The molecule has 12 heteroatoms. The fourth-order valence-corrected chi connectivity index (χ4v) is 7.69. The number of nitrogens with one attached hydrogen (secondary N) is 1. The first-order chi connectivity index (χ1) is 25.2. The fraction of sp³-hybridized carbons (Fsp3) is 0.350. The zero-order chi connectivity index (χ0) is 36.8. The van der Waals surface area contributed by atoms with Gasteiger partial charge < -0.3 is 24.0 Å². The van der Waals surface area contributed by atoms with Crippen molar-refractivity contribution in [3.63, 3.8) is 0 Å². The minimum atomic E-state index is -1.80. The number of hydrogen-bond donors (Lipinski definition) is 2. The number of amides is 2. The molecule has 1 unspecified atom stereocenters. The highest BCUT2D eigenvalue weighted by Gasteiger charge is 2.33. The second kappa shape index (κ2) is 16.6. The number of fused-ring (bicyclic) bond motifs is 1. The number of unbranched alkanes of at least 4 members (excludes halogenated alkanes) is 2. The maximum atomic E-state index is 14.7. The molecule has 6 rings (SSSR count). The van der Waals surface area contributed by atoms with Gasteiger partial charge in [0.05, 0.1) is 29.6 Å². The molecular formula is C40H46N6O5S. The largest absolute Gasteiger partial charge is 0.588 e. The standard InChI is InChI=1S/C40H46N6O5S/c1-5-7-20-44(21-8-6-2)40(49)35-22-27(3)46(41-35)36-19-18-32(43-52(50)38-28(4)51-42-37(38)29-14-10-9-11-15-29)24-34(36)39(48)45-25-31-17-13-12-16-30(31)23-33(45)26-47/h9-19,22,24,33,43,47H,5-8,20-21,23,25-26H2,1-4H3/t33-,52?/m0/s1. The summed E-state index contributed by atoms with van der Waals surface area (Å²) in [6.07, 6.45) is 4.25. The van der Waals surface area contributed by atoms with Crippen molar-refractivity contribution < 1.29 is 23.8 Å². The van der Waals surface area contributed by atoms with Gasteiger partial charge in [-0.2, -0.15) is 5.10 Å². The highest BCUT2D eigenvalue weighted by atomic mass is 32.2. The molecule has 2 atom stereocenters. The molecule has 0 bridgehead atoms. The summed E-state index contributed by atoms with van der Waals surface area (Å²) in [5.74, 6) is -0.0531. The monoisotopic (exact) mass is 722 g/mol. The fourth-order valence-electron chi connectivity index (χ4n) is 6.62. The molecule has 0 radical (unpaired) electrons. The Morgan fingerprint density at radius 3 is 2.37 bits per heavy atom. The summed E-state index contributed by atoms with van der Waals surface area (Å²) in [6.45, 7) is 9.18. The van der Waals surface area contributed by atoms with Crippen LogP contribution in [0.5, 0.6) is 0 Å². The average molecular weight is 723 g/mol. The summed E-state index contributed by atoms with van der Waals surface area (Å²) < 4.78 is 24.1. The molecule has 0 saturated carbocycles. The van der Waals surface area contributed by atoms with Gasteiger partial charge in [-0.3, -0.25) is 9.59 Å². The number of hydrogen-bond acceptors (Lipinski definition) is 8. The van der Waals surface area contributed by atoms with Crippen LogP contribution in [-0.4, -0.2) is 71.9 Å². The van der Waals surface area contributed by atoms with Gasteiger partial charge in [0.15, 0.2) is 17.1 Å². The van der Waals surface area contributed by atoms with E-state index >= 15 is 0 Å². The van der Waals surface area contributed by atoms with Gasteiger partial charge in [-0.15, -0.1) is 0 Å². The van der Waals surface area contributed by atoms with E-state index in [4.69, 9.17) is 9.62 Å². The number of rotatable bonds is 14.